The lowest BCUT2D eigenvalue weighted by Gasteiger charge is -2.32. The van der Waals surface area contributed by atoms with Crippen LogP contribution < -0.4 is 0 Å². The Bertz CT molecular complexity index is 264. The van der Waals surface area contributed by atoms with Gasteiger partial charge in [-0.25, -0.2) is 0 Å². The Balaban J connectivity index is 1.88. The van der Waals surface area contributed by atoms with Gasteiger partial charge in [-0.1, -0.05) is 45.4 Å². The van der Waals surface area contributed by atoms with Crippen LogP contribution in [0, 0.1) is 17.8 Å². The maximum Gasteiger partial charge on any atom is 0.164 e. The summed E-state index contributed by atoms with van der Waals surface area (Å²) in [5.41, 5.74) is 0. The Kier molecular flexibility index (Phi) is 5.23. The molecule has 1 N–H and O–H groups in total. The fourth-order valence-electron chi connectivity index (χ4n) is 3.84. The van der Waals surface area contributed by atoms with E-state index in [0.29, 0.717) is 5.92 Å². The number of rotatable bonds is 4. The van der Waals surface area contributed by atoms with E-state index >= 15 is 0 Å². The van der Waals surface area contributed by atoms with Crippen LogP contribution in [0.5, 0.6) is 0 Å². The van der Waals surface area contributed by atoms with E-state index in [4.69, 9.17) is 0 Å². The van der Waals surface area contributed by atoms with Crippen LogP contribution in [0.1, 0.15) is 71.1 Å². The third-order valence-corrected chi connectivity index (χ3v) is 5.15. The third-order valence-electron chi connectivity index (χ3n) is 5.15. The van der Waals surface area contributed by atoms with Gasteiger partial charge in [0.1, 0.15) is 6.10 Å². The number of hydrogen-bond acceptors (Lipinski definition) is 2. The van der Waals surface area contributed by atoms with Gasteiger partial charge in [0.25, 0.3) is 0 Å². The minimum atomic E-state index is -0.661. The molecule has 0 radical (unpaired) electrons. The van der Waals surface area contributed by atoms with Crippen LogP contribution in [0.4, 0.5) is 0 Å². The predicted molar refractivity (Wildman–Crippen MR) is 73.3 cm³/mol. The summed E-state index contributed by atoms with van der Waals surface area (Å²) in [5, 5.41) is 10.3. The largest absolute Gasteiger partial charge is 0.385 e. The average molecular weight is 252 g/mol. The molecule has 3 atom stereocenters. The number of ketones is 1. The fourth-order valence-corrected chi connectivity index (χ4v) is 3.84. The van der Waals surface area contributed by atoms with Crippen molar-refractivity contribution < 1.29 is 9.90 Å². The lowest BCUT2D eigenvalue weighted by atomic mass is 9.74. The van der Waals surface area contributed by atoms with Gasteiger partial charge in [0.15, 0.2) is 5.78 Å². The number of hydrogen-bond donors (Lipinski definition) is 1. The molecule has 0 aromatic rings. The summed E-state index contributed by atoms with van der Waals surface area (Å²) in [7, 11) is 0. The van der Waals surface area contributed by atoms with Gasteiger partial charge in [0.2, 0.25) is 0 Å². The predicted octanol–water partition coefficient (Wildman–Crippen LogP) is 3.71. The fraction of sp³-hybridized carbons (Fsp3) is 0.938. The molecule has 0 aromatic carbocycles. The first-order valence-corrected chi connectivity index (χ1v) is 7.94. The Morgan fingerprint density at radius 2 is 1.83 bits per heavy atom. The van der Waals surface area contributed by atoms with Crippen LogP contribution in [0.3, 0.4) is 0 Å². The molecule has 2 nitrogen and oxygen atoms in total. The molecule has 0 aromatic heterocycles. The smallest absolute Gasteiger partial charge is 0.164 e. The van der Waals surface area contributed by atoms with Gasteiger partial charge in [-0.2, -0.15) is 0 Å². The van der Waals surface area contributed by atoms with Gasteiger partial charge in [0.05, 0.1) is 0 Å². The monoisotopic (exact) mass is 252 g/mol. The zero-order valence-electron chi connectivity index (χ0n) is 11.7. The molecule has 2 aliphatic rings. The highest BCUT2D eigenvalue weighted by molar-refractivity contribution is 5.85. The van der Waals surface area contributed by atoms with Crippen molar-refractivity contribution in [3.8, 4) is 0 Å². The molecule has 0 amide bonds. The number of aliphatic hydroxyl groups excluding tert-OH is 1. The van der Waals surface area contributed by atoms with Crippen molar-refractivity contribution in [3.63, 3.8) is 0 Å². The Morgan fingerprint density at radius 3 is 2.50 bits per heavy atom. The number of aliphatic hydroxyl groups is 1. The number of Topliss-reactive ketones (excluding diaryl/α,β-unsaturated/α-hetero) is 1. The van der Waals surface area contributed by atoms with Crippen molar-refractivity contribution in [1.82, 2.24) is 0 Å². The van der Waals surface area contributed by atoms with E-state index in [9.17, 15) is 9.90 Å². The number of carbonyl (C=O) groups is 1. The van der Waals surface area contributed by atoms with E-state index in [1.165, 1.54) is 38.5 Å². The Morgan fingerprint density at radius 1 is 1.11 bits per heavy atom. The third kappa shape index (κ3) is 3.34. The van der Waals surface area contributed by atoms with Crippen LogP contribution in [0.15, 0.2) is 0 Å². The Hall–Kier alpha value is -0.370. The average Bonchev–Trinajstić information content (AvgIpc) is 2.46. The first kappa shape index (κ1) is 14.0. The van der Waals surface area contributed by atoms with Gasteiger partial charge in [0, 0.05) is 5.92 Å². The minimum absolute atomic E-state index is 0.153. The molecule has 2 rings (SSSR count). The van der Waals surface area contributed by atoms with E-state index in [0.717, 1.165) is 25.7 Å². The maximum atomic E-state index is 12.4. The van der Waals surface area contributed by atoms with E-state index in [-0.39, 0.29) is 17.6 Å². The lowest BCUT2D eigenvalue weighted by Crippen LogP contribution is -2.37. The standard InChI is InChI=1S/C16H28O2/c1-2-12-7-6-10-14(11-12)16(18)15(17)13-8-4-3-5-9-13/h12-15,17H,2-11H2,1H3. The molecule has 0 spiro atoms. The summed E-state index contributed by atoms with van der Waals surface area (Å²) in [4.78, 5) is 12.4. The lowest BCUT2D eigenvalue weighted by molar-refractivity contribution is -0.136. The van der Waals surface area contributed by atoms with E-state index < -0.39 is 6.10 Å². The van der Waals surface area contributed by atoms with Crippen molar-refractivity contribution >= 4 is 5.78 Å². The summed E-state index contributed by atoms with van der Waals surface area (Å²) >= 11 is 0. The molecule has 0 bridgehead atoms. The van der Waals surface area contributed by atoms with Crippen LogP contribution >= 0.6 is 0 Å². The maximum absolute atomic E-state index is 12.4. The highest BCUT2D eigenvalue weighted by Crippen LogP contribution is 2.34. The van der Waals surface area contributed by atoms with Crippen molar-refractivity contribution in [1.29, 1.82) is 0 Å². The van der Waals surface area contributed by atoms with Gasteiger partial charge >= 0.3 is 0 Å². The zero-order valence-corrected chi connectivity index (χ0v) is 11.7. The quantitative estimate of drug-likeness (QED) is 0.828. The van der Waals surface area contributed by atoms with Crippen LogP contribution in [0.25, 0.3) is 0 Å². The second kappa shape index (κ2) is 6.70. The molecular weight excluding hydrogens is 224 g/mol. The first-order valence-electron chi connectivity index (χ1n) is 7.94. The number of carbonyl (C=O) groups excluding carboxylic acids is 1. The summed E-state index contributed by atoms with van der Waals surface area (Å²) in [5.74, 6) is 1.29. The van der Waals surface area contributed by atoms with Crippen molar-refractivity contribution in [2.45, 2.75) is 77.2 Å². The van der Waals surface area contributed by atoms with E-state index in [2.05, 4.69) is 6.92 Å². The molecule has 2 heteroatoms. The molecular formula is C16H28O2. The summed E-state index contributed by atoms with van der Waals surface area (Å²) in [6.45, 7) is 2.22. The van der Waals surface area contributed by atoms with Gasteiger partial charge < -0.3 is 5.11 Å². The van der Waals surface area contributed by atoms with Crippen LogP contribution in [-0.2, 0) is 4.79 Å². The topological polar surface area (TPSA) is 37.3 Å². The van der Waals surface area contributed by atoms with Gasteiger partial charge in [-0.05, 0) is 37.5 Å². The minimum Gasteiger partial charge on any atom is -0.385 e. The van der Waals surface area contributed by atoms with Crippen molar-refractivity contribution in [2.24, 2.45) is 17.8 Å². The molecule has 2 fully saturated rings. The van der Waals surface area contributed by atoms with Crippen molar-refractivity contribution in [2.75, 3.05) is 0 Å². The van der Waals surface area contributed by atoms with Crippen molar-refractivity contribution in [3.05, 3.63) is 0 Å². The SMILES string of the molecule is CCC1CCCC(C(=O)C(O)C2CCCCC2)C1. The van der Waals surface area contributed by atoms with Gasteiger partial charge in [-0.3, -0.25) is 4.79 Å². The summed E-state index contributed by atoms with van der Waals surface area (Å²) < 4.78 is 0. The molecule has 2 aliphatic carbocycles. The second-order valence-electron chi connectivity index (χ2n) is 6.38. The molecule has 0 saturated heterocycles. The molecule has 0 aliphatic heterocycles. The molecule has 18 heavy (non-hydrogen) atoms. The molecule has 104 valence electrons. The van der Waals surface area contributed by atoms with Crippen LogP contribution in [-0.4, -0.2) is 17.0 Å². The highest BCUT2D eigenvalue weighted by Gasteiger charge is 2.34. The Labute approximate surface area is 111 Å². The summed E-state index contributed by atoms with van der Waals surface area (Å²) in [6.07, 6.45) is 10.8. The van der Waals surface area contributed by atoms with Gasteiger partial charge in [-0.15, -0.1) is 0 Å². The molecule has 2 saturated carbocycles. The second-order valence-corrected chi connectivity index (χ2v) is 6.38. The van der Waals surface area contributed by atoms with Crippen LogP contribution in [0.2, 0.25) is 0 Å². The highest BCUT2D eigenvalue weighted by atomic mass is 16.3. The molecule has 3 unspecified atom stereocenters. The zero-order chi connectivity index (χ0) is 13.0. The van der Waals surface area contributed by atoms with E-state index in [1.54, 1.807) is 0 Å². The van der Waals surface area contributed by atoms with E-state index in [1.807, 2.05) is 0 Å². The molecule has 0 heterocycles. The normalized spacial score (nSPS) is 32.1. The summed E-state index contributed by atoms with van der Waals surface area (Å²) in [6, 6.07) is 0. The first-order chi connectivity index (χ1) is 8.72.